The number of aryl methyl sites for hydroxylation is 1. The molecule has 0 aromatic heterocycles. The lowest BCUT2D eigenvalue weighted by Gasteiger charge is -2.19. The average Bonchev–Trinajstić information content (AvgIpc) is 2.34. The van der Waals surface area contributed by atoms with Crippen LogP contribution in [0, 0.1) is 0 Å². The molecule has 0 unspecified atom stereocenters. The van der Waals surface area contributed by atoms with Gasteiger partial charge < -0.3 is 10.6 Å². The van der Waals surface area contributed by atoms with Gasteiger partial charge in [0.1, 0.15) is 0 Å². The Hall–Kier alpha value is -1.02. The molecule has 0 bridgehead atoms. The SMILES string of the molecule is CCc1ccc(N(C)CCCCCN)cc1. The molecule has 2 heteroatoms. The summed E-state index contributed by atoms with van der Waals surface area (Å²) < 4.78 is 0. The molecule has 0 fully saturated rings. The van der Waals surface area contributed by atoms with Gasteiger partial charge in [-0.05, 0) is 43.5 Å². The molecule has 0 amide bonds. The maximum atomic E-state index is 5.47. The second-order valence-corrected chi connectivity index (χ2v) is 4.29. The number of rotatable bonds is 7. The van der Waals surface area contributed by atoms with Gasteiger partial charge >= 0.3 is 0 Å². The lowest BCUT2D eigenvalue weighted by atomic mass is 10.1. The second-order valence-electron chi connectivity index (χ2n) is 4.29. The monoisotopic (exact) mass is 220 g/mol. The van der Waals surface area contributed by atoms with Gasteiger partial charge in [0.15, 0.2) is 0 Å². The van der Waals surface area contributed by atoms with E-state index < -0.39 is 0 Å². The Morgan fingerprint density at radius 1 is 1.06 bits per heavy atom. The molecule has 90 valence electrons. The average molecular weight is 220 g/mol. The molecule has 16 heavy (non-hydrogen) atoms. The van der Waals surface area contributed by atoms with Crippen molar-refractivity contribution in [1.29, 1.82) is 0 Å². The number of nitrogens with zero attached hydrogens (tertiary/aromatic N) is 1. The van der Waals surface area contributed by atoms with E-state index in [1.165, 1.54) is 24.1 Å². The Labute approximate surface area is 99.5 Å². The van der Waals surface area contributed by atoms with E-state index in [4.69, 9.17) is 5.73 Å². The molecule has 1 aromatic rings. The van der Waals surface area contributed by atoms with Crippen LogP contribution in [0.4, 0.5) is 5.69 Å². The highest BCUT2D eigenvalue weighted by Crippen LogP contribution is 2.14. The highest BCUT2D eigenvalue weighted by atomic mass is 15.1. The van der Waals surface area contributed by atoms with E-state index in [0.717, 1.165) is 25.9 Å². The first-order valence-corrected chi connectivity index (χ1v) is 6.28. The molecule has 0 spiro atoms. The Morgan fingerprint density at radius 3 is 2.31 bits per heavy atom. The van der Waals surface area contributed by atoms with Crippen molar-refractivity contribution in [1.82, 2.24) is 0 Å². The molecule has 0 aliphatic rings. The highest BCUT2D eigenvalue weighted by Gasteiger charge is 1.99. The lowest BCUT2D eigenvalue weighted by Crippen LogP contribution is -2.18. The van der Waals surface area contributed by atoms with Crippen molar-refractivity contribution in [3.63, 3.8) is 0 Å². The molecule has 0 radical (unpaired) electrons. The molecular formula is C14H24N2. The molecule has 0 atom stereocenters. The van der Waals surface area contributed by atoms with Crippen molar-refractivity contribution < 1.29 is 0 Å². The number of hydrogen-bond acceptors (Lipinski definition) is 2. The van der Waals surface area contributed by atoms with Crippen molar-refractivity contribution in [2.24, 2.45) is 5.73 Å². The minimum absolute atomic E-state index is 0.814. The third-order valence-corrected chi connectivity index (χ3v) is 2.98. The third kappa shape index (κ3) is 4.23. The smallest absolute Gasteiger partial charge is 0.0363 e. The standard InChI is InChI=1S/C14H24N2/c1-3-13-7-9-14(10-8-13)16(2)12-6-4-5-11-15/h7-10H,3-6,11-12,15H2,1-2H3. The van der Waals surface area contributed by atoms with Crippen LogP contribution in [0.15, 0.2) is 24.3 Å². The summed E-state index contributed by atoms with van der Waals surface area (Å²) in [6, 6.07) is 8.85. The Kier molecular flexibility index (Phi) is 5.94. The Balaban J connectivity index is 2.37. The maximum Gasteiger partial charge on any atom is 0.0363 e. The zero-order valence-electron chi connectivity index (χ0n) is 10.6. The molecule has 2 nitrogen and oxygen atoms in total. The molecule has 0 heterocycles. The highest BCUT2D eigenvalue weighted by molar-refractivity contribution is 5.46. The summed E-state index contributed by atoms with van der Waals surface area (Å²) >= 11 is 0. The summed E-state index contributed by atoms with van der Waals surface area (Å²) in [6.45, 7) is 4.12. The van der Waals surface area contributed by atoms with E-state index in [9.17, 15) is 0 Å². The van der Waals surface area contributed by atoms with Crippen LogP contribution >= 0.6 is 0 Å². The van der Waals surface area contributed by atoms with Crippen molar-refractivity contribution in [2.45, 2.75) is 32.6 Å². The summed E-state index contributed by atoms with van der Waals surface area (Å²) in [5.41, 5.74) is 8.19. The van der Waals surface area contributed by atoms with Crippen LogP contribution < -0.4 is 10.6 Å². The van der Waals surface area contributed by atoms with Gasteiger partial charge in [0.2, 0.25) is 0 Å². The Morgan fingerprint density at radius 2 is 1.75 bits per heavy atom. The van der Waals surface area contributed by atoms with Gasteiger partial charge in [-0.2, -0.15) is 0 Å². The minimum atomic E-state index is 0.814. The van der Waals surface area contributed by atoms with Crippen molar-refractivity contribution >= 4 is 5.69 Å². The fourth-order valence-corrected chi connectivity index (χ4v) is 1.79. The van der Waals surface area contributed by atoms with Gasteiger partial charge in [0, 0.05) is 19.3 Å². The molecule has 0 saturated carbocycles. The van der Waals surface area contributed by atoms with Crippen LogP contribution in [0.2, 0.25) is 0 Å². The van der Waals surface area contributed by atoms with E-state index in [1.807, 2.05) is 0 Å². The van der Waals surface area contributed by atoms with Gasteiger partial charge in [-0.1, -0.05) is 25.5 Å². The number of hydrogen-bond donors (Lipinski definition) is 1. The number of benzene rings is 1. The van der Waals surface area contributed by atoms with E-state index in [2.05, 4.69) is 43.1 Å². The predicted molar refractivity (Wildman–Crippen MR) is 72.0 cm³/mol. The topological polar surface area (TPSA) is 29.3 Å². The first kappa shape index (κ1) is 13.0. The third-order valence-electron chi connectivity index (χ3n) is 2.98. The Bertz CT molecular complexity index is 279. The van der Waals surface area contributed by atoms with Crippen LogP contribution in [0.5, 0.6) is 0 Å². The van der Waals surface area contributed by atoms with Crippen molar-refractivity contribution in [3.05, 3.63) is 29.8 Å². The first-order chi connectivity index (χ1) is 7.77. The van der Waals surface area contributed by atoms with E-state index in [0.29, 0.717) is 0 Å². The van der Waals surface area contributed by atoms with Crippen molar-refractivity contribution in [3.8, 4) is 0 Å². The van der Waals surface area contributed by atoms with Gasteiger partial charge in [-0.3, -0.25) is 0 Å². The van der Waals surface area contributed by atoms with Gasteiger partial charge in [-0.15, -0.1) is 0 Å². The predicted octanol–water partition coefficient (Wildman–Crippen LogP) is 2.81. The number of nitrogens with two attached hydrogens (primary N) is 1. The van der Waals surface area contributed by atoms with Crippen LogP contribution in [-0.4, -0.2) is 20.1 Å². The summed E-state index contributed by atoms with van der Waals surface area (Å²) in [6.07, 6.45) is 4.71. The fraction of sp³-hybridized carbons (Fsp3) is 0.571. The van der Waals surface area contributed by atoms with Crippen LogP contribution in [0.25, 0.3) is 0 Å². The van der Waals surface area contributed by atoms with E-state index >= 15 is 0 Å². The minimum Gasteiger partial charge on any atom is -0.375 e. The zero-order chi connectivity index (χ0) is 11.8. The molecule has 2 N–H and O–H groups in total. The van der Waals surface area contributed by atoms with Crippen LogP contribution in [0.1, 0.15) is 31.7 Å². The summed E-state index contributed by atoms with van der Waals surface area (Å²) in [4.78, 5) is 2.32. The first-order valence-electron chi connectivity index (χ1n) is 6.28. The van der Waals surface area contributed by atoms with Crippen LogP contribution in [0.3, 0.4) is 0 Å². The lowest BCUT2D eigenvalue weighted by molar-refractivity contribution is 0.679. The normalized spacial score (nSPS) is 10.4. The molecule has 0 aliphatic carbocycles. The fourth-order valence-electron chi connectivity index (χ4n) is 1.79. The van der Waals surface area contributed by atoms with Crippen molar-refractivity contribution in [2.75, 3.05) is 25.0 Å². The number of anilines is 1. The molecule has 1 rings (SSSR count). The van der Waals surface area contributed by atoms with Gasteiger partial charge in [0.25, 0.3) is 0 Å². The van der Waals surface area contributed by atoms with Gasteiger partial charge in [0.05, 0.1) is 0 Å². The molecular weight excluding hydrogens is 196 g/mol. The van der Waals surface area contributed by atoms with E-state index in [-0.39, 0.29) is 0 Å². The van der Waals surface area contributed by atoms with Crippen LogP contribution in [-0.2, 0) is 6.42 Å². The molecule has 1 aromatic carbocycles. The quantitative estimate of drug-likeness (QED) is 0.716. The summed E-state index contributed by atoms with van der Waals surface area (Å²) in [7, 11) is 2.16. The van der Waals surface area contributed by atoms with E-state index in [1.54, 1.807) is 0 Å². The molecule has 0 aliphatic heterocycles. The number of unbranched alkanes of at least 4 members (excludes halogenated alkanes) is 2. The molecule has 0 saturated heterocycles. The summed E-state index contributed by atoms with van der Waals surface area (Å²) in [5, 5.41) is 0. The second kappa shape index (κ2) is 7.29. The zero-order valence-corrected chi connectivity index (χ0v) is 10.6. The van der Waals surface area contributed by atoms with Gasteiger partial charge in [-0.25, -0.2) is 0 Å². The summed E-state index contributed by atoms with van der Waals surface area (Å²) in [5.74, 6) is 0. The maximum absolute atomic E-state index is 5.47. The largest absolute Gasteiger partial charge is 0.375 e.